The number of nitrogens with zero attached hydrogens (tertiary/aromatic N) is 1. The second-order valence-electron chi connectivity index (χ2n) is 5.09. The van der Waals surface area contributed by atoms with E-state index in [4.69, 9.17) is 21.4 Å². The van der Waals surface area contributed by atoms with Gasteiger partial charge in [-0.2, -0.15) is 4.31 Å². The molecule has 0 spiro atoms. The molecule has 1 fully saturated rings. The second-order valence-corrected chi connectivity index (χ2v) is 7.36. The SMILES string of the molecule is CC1(C)COCN1S(=O)(=O)c1ccc(Cl)c(C(=O)O)c1. The van der Waals surface area contributed by atoms with Gasteiger partial charge < -0.3 is 9.84 Å². The zero-order valence-electron chi connectivity index (χ0n) is 11.0. The highest BCUT2D eigenvalue weighted by Crippen LogP contribution is 2.30. The average molecular weight is 320 g/mol. The van der Waals surface area contributed by atoms with Crippen LogP contribution >= 0.6 is 11.6 Å². The summed E-state index contributed by atoms with van der Waals surface area (Å²) in [4.78, 5) is 10.9. The highest BCUT2D eigenvalue weighted by Gasteiger charge is 2.42. The number of carboxylic acid groups (broad SMARTS) is 1. The standard InChI is InChI=1S/C12H14ClNO5S/c1-12(2)6-19-7-14(12)20(17,18)8-3-4-10(13)9(5-8)11(15)16/h3-5H,6-7H2,1-2H3,(H,15,16). The number of carbonyl (C=O) groups is 1. The van der Waals surface area contributed by atoms with Gasteiger partial charge in [-0.05, 0) is 32.0 Å². The number of halogens is 1. The van der Waals surface area contributed by atoms with Crippen LogP contribution in [-0.4, -0.2) is 42.7 Å². The fourth-order valence-corrected chi connectivity index (χ4v) is 3.85. The van der Waals surface area contributed by atoms with Crippen molar-refractivity contribution < 1.29 is 23.1 Å². The van der Waals surface area contributed by atoms with Crippen molar-refractivity contribution >= 4 is 27.6 Å². The van der Waals surface area contributed by atoms with Crippen LogP contribution < -0.4 is 0 Å². The van der Waals surface area contributed by atoms with Gasteiger partial charge in [-0.1, -0.05) is 11.6 Å². The Bertz CT molecular complexity index is 656. The van der Waals surface area contributed by atoms with Crippen LogP contribution in [0.25, 0.3) is 0 Å². The molecule has 0 aromatic heterocycles. The van der Waals surface area contributed by atoms with Gasteiger partial charge in [-0.25, -0.2) is 13.2 Å². The molecule has 1 aromatic carbocycles. The summed E-state index contributed by atoms with van der Waals surface area (Å²) >= 11 is 5.74. The van der Waals surface area contributed by atoms with Crippen LogP contribution in [0.1, 0.15) is 24.2 Å². The summed E-state index contributed by atoms with van der Waals surface area (Å²) in [5.41, 5.74) is -0.923. The number of rotatable bonds is 3. The van der Waals surface area contributed by atoms with E-state index in [-0.39, 0.29) is 28.8 Å². The maximum atomic E-state index is 12.5. The molecule has 8 heteroatoms. The Morgan fingerprint density at radius 2 is 2.10 bits per heavy atom. The molecule has 20 heavy (non-hydrogen) atoms. The van der Waals surface area contributed by atoms with E-state index in [2.05, 4.69) is 0 Å². The van der Waals surface area contributed by atoms with E-state index < -0.39 is 21.5 Å². The van der Waals surface area contributed by atoms with Crippen molar-refractivity contribution in [3.05, 3.63) is 28.8 Å². The third-order valence-corrected chi connectivity index (χ3v) is 5.45. The Labute approximate surface area is 122 Å². The lowest BCUT2D eigenvalue weighted by atomic mass is 10.1. The summed E-state index contributed by atoms with van der Waals surface area (Å²) in [5.74, 6) is -1.27. The van der Waals surface area contributed by atoms with E-state index in [0.29, 0.717) is 0 Å². The predicted molar refractivity (Wildman–Crippen MR) is 72.3 cm³/mol. The molecule has 1 saturated heterocycles. The van der Waals surface area contributed by atoms with Crippen molar-refractivity contribution in [2.24, 2.45) is 0 Å². The quantitative estimate of drug-likeness (QED) is 0.918. The number of ether oxygens (including phenoxy) is 1. The molecule has 0 saturated carbocycles. The molecule has 0 aliphatic carbocycles. The Hall–Kier alpha value is -1.15. The summed E-state index contributed by atoms with van der Waals surface area (Å²) in [7, 11) is -3.83. The van der Waals surface area contributed by atoms with E-state index in [0.717, 1.165) is 6.07 Å². The lowest BCUT2D eigenvalue weighted by Gasteiger charge is -2.28. The van der Waals surface area contributed by atoms with Crippen molar-refractivity contribution in [2.75, 3.05) is 13.3 Å². The normalized spacial score (nSPS) is 19.1. The molecule has 110 valence electrons. The summed E-state index contributed by atoms with van der Waals surface area (Å²) in [5, 5.41) is 9.00. The highest BCUT2D eigenvalue weighted by atomic mass is 35.5. The largest absolute Gasteiger partial charge is 0.478 e. The number of aromatic carboxylic acids is 1. The number of carboxylic acids is 1. The summed E-state index contributed by atoms with van der Waals surface area (Å²) in [6, 6.07) is 3.62. The first-order valence-electron chi connectivity index (χ1n) is 5.80. The molecule has 1 N–H and O–H groups in total. The molecule has 0 bridgehead atoms. The van der Waals surface area contributed by atoms with Gasteiger partial charge in [-0.3, -0.25) is 0 Å². The van der Waals surface area contributed by atoms with Crippen LogP contribution in [-0.2, 0) is 14.8 Å². The third kappa shape index (κ3) is 2.54. The van der Waals surface area contributed by atoms with Gasteiger partial charge in [0.05, 0.1) is 27.6 Å². The van der Waals surface area contributed by atoms with Gasteiger partial charge >= 0.3 is 5.97 Å². The highest BCUT2D eigenvalue weighted by molar-refractivity contribution is 7.89. The topological polar surface area (TPSA) is 83.9 Å². The fraction of sp³-hybridized carbons (Fsp3) is 0.417. The Balaban J connectivity index is 2.50. The third-order valence-electron chi connectivity index (χ3n) is 3.10. The van der Waals surface area contributed by atoms with Gasteiger partial charge in [0, 0.05) is 0 Å². The van der Waals surface area contributed by atoms with Crippen LogP contribution in [0.5, 0.6) is 0 Å². The fourth-order valence-electron chi connectivity index (χ4n) is 1.98. The van der Waals surface area contributed by atoms with Crippen LogP contribution in [0.3, 0.4) is 0 Å². The van der Waals surface area contributed by atoms with Gasteiger partial charge in [0.2, 0.25) is 10.0 Å². The van der Waals surface area contributed by atoms with Gasteiger partial charge in [-0.15, -0.1) is 0 Å². The van der Waals surface area contributed by atoms with Crippen molar-refractivity contribution in [1.82, 2.24) is 4.31 Å². The molecule has 6 nitrogen and oxygen atoms in total. The van der Waals surface area contributed by atoms with E-state index in [9.17, 15) is 13.2 Å². The van der Waals surface area contributed by atoms with E-state index in [1.165, 1.54) is 16.4 Å². The van der Waals surface area contributed by atoms with Gasteiger partial charge in [0.15, 0.2) is 0 Å². The first-order valence-corrected chi connectivity index (χ1v) is 7.61. The molecule has 0 unspecified atom stereocenters. The minimum Gasteiger partial charge on any atom is -0.478 e. The molecule has 1 heterocycles. The summed E-state index contributed by atoms with van der Waals surface area (Å²) in [6.45, 7) is 3.71. The number of hydrogen-bond acceptors (Lipinski definition) is 4. The Morgan fingerprint density at radius 3 is 2.60 bits per heavy atom. The molecule has 1 aliphatic heterocycles. The molecule has 0 radical (unpaired) electrons. The number of benzene rings is 1. The minimum absolute atomic E-state index is 0.00613. The predicted octanol–water partition coefficient (Wildman–Crippen LogP) is 1.80. The van der Waals surface area contributed by atoms with Crippen LogP contribution in [0.2, 0.25) is 5.02 Å². The molecule has 2 rings (SSSR count). The number of sulfonamides is 1. The van der Waals surface area contributed by atoms with Crippen LogP contribution in [0.4, 0.5) is 0 Å². The van der Waals surface area contributed by atoms with E-state index >= 15 is 0 Å². The van der Waals surface area contributed by atoms with Crippen LogP contribution in [0.15, 0.2) is 23.1 Å². The van der Waals surface area contributed by atoms with E-state index in [1.807, 2.05) is 0 Å². The number of hydrogen-bond donors (Lipinski definition) is 1. The lowest BCUT2D eigenvalue weighted by molar-refractivity contribution is 0.0697. The molecular weight excluding hydrogens is 306 g/mol. The molecule has 1 aromatic rings. The van der Waals surface area contributed by atoms with Crippen molar-refractivity contribution in [1.29, 1.82) is 0 Å². The van der Waals surface area contributed by atoms with E-state index in [1.54, 1.807) is 13.8 Å². The zero-order chi connectivity index (χ0) is 15.1. The Morgan fingerprint density at radius 1 is 1.45 bits per heavy atom. The monoisotopic (exact) mass is 319 g/mol. The zero-order valence-corrected chi connectivity index (χ0v) is 12.5. The average Bonchev–Trinajstić information content (AvgIpc) is 2.69. The smallest absolute Gasteiger partial charge is 0.337 e. The van der Waals surface area contributed by atoms with Gasteiger partial charge in [0.1, 0.15) is 6.73 Å². The van der Waals surface area contributed by atoms with Crippen molar-refractivity contribution in [3.63, 3.8) is 0 Å². The first-order chi connectivity index (χ1) is 9.16. The van der Waals surface area contributed by atoms with Crippen LogP contribution in [0, 0.1) is 0 Å². The van der Waals surface area contributed by atoms with Crippen molar-refractivity contribution in [2.45, 2.75) is 24.3 Å². The molecule has 1 aliphatic rings. The minimum atomic E-state index is -3.83. The molecule has 0 amide bonds. The molecule has 0 atom stereocenters. The summed E-state index contributed by atoms with van der Waals surface area (Å²) < 4.78 is 31.5. The van der Waals surface area contributed by atoms with Crippen molar-refractivity contribution in [3.8, 4) is 0 Å². The maximum absolute atomic E-state index is 12.5. The molecular formula is C12H14ClNO5S. The summed E-state index contributed by atoms with van der Waals surface area (Å²) in [6.07, 6.45) is 0. The van der Waals surface area contributed by atoms with Gasteiger partial charge in [0.25, 0.3) is 0 Å². The lowest BCUT2D eigenvalue weighted by Crippen LogP contribution is -2.44. The maximum Gasteiger partial charge on any atom is 0.337 e. The first kappa shape index (κ1) is 15.2. The second kappa shape index (κ2) is 5.00. The Kier molecular flexibility index (Phi) is 3.81.